The summed E-state index contributed by atoms with van der Waals surface area (Å²) in [4.78, 5) is 17.1. The fourth-order valence-corrected chi connectivity index (χ4v) is 3.92. The Morgan fingerprint density at radius 2 is 1.83 bits per heavy atom. The molecule has 1 amide bonds. The number of morpholine rings is 1. The van der Waals surface area contributed by atoms with Gasteiger partial charge in [-0.1, -0.05) is 30.3 Å². The Morgan fingerprint density at radius 1 is 1.07 bits per heavy atom. The number of furan rings is 1. The van der Waals surface area contributed by atoms with Crippen LogP contribution in [0.15, 0.2) is 47.1 Å². The molecule has 4 rings (SSSR count). The van der Waals surface area contributed by atoms with E-state index in [2.05, 4.69) is 49.1 Å². The Labute approximate surface area is 171 Å². The molecule has 1 aliphatic rings. The topological polar surface area (TPSA) is 45.9 Å². The van der Waals surface area contributed by atoms with Crippen molar-refractivity contribution < 1.29 is 13.9 Å². The third-order valence-electron chi connectivity index (χ3n) is 5.86. The third kappa shape index (κ3) is 4.01. The van der Waals surface area contributed by atoms with Gasteiger partial charge in [-0.05, 0) is 36.6 Å². The van der Waals surface area contributed by atoms with Crippen molar-refractivity contribution in [3.05, 3.63) is 64.9 Å². The van der Waals surface area contributed by atoms with Crippen LogP contribution >= 0.6 is 0 Å². The number of fused-ring (bicyclic) bond motifs is 1. The lowest BCUT2D eigenvalue weighted by molar-refractivity contribution is -0.129. The first kappa shape index (κ1) is 19.5. The van der Waals surface area contributed by atoms with Gasteiger partial charge < -0.3 is 19.0 Å². The van der Waals surface area contributed by atoms with Crippen molar-refractivity contribution >= 4 is 22.6 Å². The predicted molar refractivity (Wildman–Crippen MR) is 115 cm³/mol. The first-order chi connectivity index (χ1) is 14.0. The van der Waals surface area contributed by atoms with Crippen molar-refractivity contribution in [1.82, 2.24) is 4.90 Å². The molecule has 29 heavy (non-hydrogen) atoms. The summed E-state index contributed by atoms with van der Waals surface area (Å²) >= 11 is 0. The molecule has 1 aromatic heterocycles. The van der Waals surface area contributed by atoms with Crippen LogP contribution in [0.25, 0.3) is 11.0 Å². The molecule has 0 unspecified atom stereocenters. The summed E-state index contributed by atoms with van der Waals surface area (Å²) < 4.78 is 11.2. The summed E-state index contributed by atoms with van der Waals surface area (Å²) in [6, 6.07) is 12.5. The lowest BCUT2D eigenvalue weighted by Crippen LogP contribution is -2.37. The van der Waals surface area contributed by atoms with Crippen molar-refractivity contribution in [2.45, 2.75) is 26.8 Å². The van der Waals surface area contributed by atoms with E-state index in [0.29, 0.717) is 13.0 Å². The summed E-state index contributed by atoms with van der Waals surface area (Å²) in [5.74, 6) is 0.0858. The number of carbonyl (C=O) groups is 1. The molecular weight excluding hydrogens is 364 g/mol. The zero-order valence-electron chi connectivity index (χ0n) is 17.4. The molecule has 0 atom stereocenters. The number of para-hydroxylation sites is 1. The molecule has 5 nitrogen and oxygen atoms in total. The van der Waals surface area contributed by atoms with Crippen LogP contribution in [-0.2, 0) is 22.5 Å². The average molecular weight is 392 g/mol. The van der Waals surface area contributed by atoms with Crippen LogP contribution in [-0.4, -0.2) is 44.2 Å². The summed E-state index contributed by atoms with van der Waals surface area (Å²) in [5, 5.41) is 1.03. The molecular formula is C24H28N2O3. The first-order valence-electron chi connectivity index (χ1n) is 10.2. The van der Waals surface area contributed by atoms with Crippen LogP contribution in [0.2, 0.25) is 0 Å². The molecule has 0 saturated carbocycles. The van der Waals surface area contributed by atoms with E-state index in [0.717, 1.165) is 54.0 Å². The maximum atomic E-state index is 12.9. The molecule has 2 heterocycles. The monoisotopic (exact) mass is 392 g/mol. The minimum absolute atomic E-state index is 0.0858. The minimum Gasteiger partial charge on any atom is -0.464 e. The quantitative estimate of drug-likeness (QED) is 0.656. The zero-order valence-corrected chi connectivity index (χ0v) is 17.4. The highest BCUT2D eigenvalue weighted by atomic mass is 16.5. The van der Waals surface area contributed by atoms with E-state index >= 15 is 0 Å². The second-order valence-corrected chi connectivity index (χ2v) is 7.80. The lowest BCUT2D eigenvalue weighted by Gasteiger charge is -2.31. The van der Waals surface area contributed by atoms with E-state index < -0.39 is 0 Å². The van der Waals surface area contributed by atoms with Crippen molar-refractivity contribution in [3.8, 4) is 0 Å². The SMILES string of the molecule is Cc1ccc2c(CC(=O)N(C)Cc3ccccc3N3CCOCC3)coc2c1C. The normalized spacial score (nSPS) is 14.4. The van der Waals surface area contributed by atoms with Crippen LogP contribution in [0.3, 0.4) is 0 Å². The highest BCUT2D eigenvalue weighted by Gasteiger charge is 2.19. The third-order valence-corrected chi connectivity index (χ3v) is 5.86. The van der Waals surface area contributed by atoms with Gasteiger partial charge in [0.2, 0.25) is 5.91 Å². The van der Waals surface area contributed by atoms with Gasteiger partial charge in [0, 0.05) is 43.3 Å². The number of nitrogens with zero attached hydrogens (tertiary/aromatic N) is 2. The molecule has 1 saturated heterocycles. The van der Waals surface area contributed by atoms with Crippen LogP contribution in [0.4, 0.5) is 5.69 Å². The van der Waals surface area contributed by atoms with Crippen LogP contribution < -0.4 is 4.90 Å². The fraction of sp³-hybridized carbons (Fsp3) is 0.375. The second kappa shape index (κ2) is 8.29. The van der Waals surface area contributed by atoms with Crippen LogP contribution in [0.5, 0.6) is 0 Å². The lowest BCUT2D eigenvalue weighted by atomic mass is 10.0. The second-order valence-electron chi connectivity index (χ2n) is 7.80. The van der Waals surface area contributed by atoms with Crippen LogP contribution in [0, 0.1) is 13.8 Å². The number of likely N-dealkylation sites (N-methyl/N-ethyl adjacent to an activating group) is 1. The molecule has 2 aromatic carbocycles. The molecule has 0 aliphatic carbocycles. The molecule has 1 aliphatic heterocycles. The Balaban J connectivity index is 1.49. The van der Waals surface area contributed by atoms with Crippen molar-refractivity contribution in [3.63, 3.8) is 0 Å². The van der Waals surface area contributed by atoms with Gasteiger partial charge in [-0.3, -0.25) is 4.79 Å². The Hall–Kier alpha value is -2.79. The van der Waals surface area contributed by atoms with E-state index in [1.54, 1.807) is 11.2 Å². The summed E-state index contributed by atoms with van der Waals surface area (Å²) in [6.45, 7) is 7.97. The molecule has 0 bridgehead atoms. The van der Waals surface area contributed by atoms with Gasteiger partial charge in [0.25, 0.3) is 0 Å². The number of hydrogen-bond acceptors (Lipinski definition) is 4. The van der Waals surface area contributed by atoms with Gasteiger partial charge >= 0.3 is 0 Å². The summed E-state index contributed by atoms with van der Waals surface area (Å²) in [5.41, 5.74) is 6.51. The number of ether oxygens (including phenoxy) is 1. The van der Waals surface area contributed by atoms with Crippen molar-refractivity contribution in [2.24, 2.45) is 0 Å². The van der Waals surface area contributed by atoms with E-state index in [9.17, 15) is 4.79 Å². The minimum atomic E-state index is 0.0858. The zero-order chi connectivity index (χ0) is 20.4. The summed E-state index contributed by atoms with van der Waals surface area (Å²) in [6.07, 6.45) is 2.07. The van der Waals surface area contributed by atoms with Crippen LogP contribution in [0.1, 0.15) is 22.3 Å². The highest BCUT2D eigenvalue weighted by molar-refractivity contribution is 5.89. The number of anilines is 1. The van der Waals surface area contributed by atoms with Gasteiger partial charge in [0.05, 0.1) is 25.9 Å². The molecule has 0 spiro atoms. The fourth-order valence-electron chi connectivity index (χ4n) is 3.92. The number of benzene rings is 2. The number of aryl methyl sites for hydroxylation is 2. The highest BCUT2D eigenvalue weighted by Crippen LogP contribution is 2.27. The van der Waals surface area contributed by atoms with E-state index in [4.69, 9.17) is 9.15 Å². The molecule has 1 fully saturated rings. The van der Waals surface area contributed by atoms with E-state index in [-0.39, 0.29) is 5.91 Å². The molecule has 152 valence electrons. The molecule has 0 radical (unpaired) electrons. The number of amides is 1. The molecule has 0 N–H and O–H groups in total. The van der Waals surface area contributed by atoms with Gasteiger partial charge in [0.1, 0.15) is 5.58 Å². The summed E-state index contributed by atoms with van der Waals surface area (Å²) in [7, 11) is 1.87. The Morgan fingerprint density at radius 3 is 2.62 bits per heavy atom. The standard InChI is InChI=1S/C24H28N2O3/c1-17-8-9-21-20(16-29-24(21)18(17)2)14-23(27)25(3)15-19-6-4-5-7-22(19)26-10-12-28-13-11-26/h4-9,16H,10-15H2,1-3H3. The average Bonchev–Trinajstić information content (AvgIpc) is 3.15. The van der Waals surface area contributed by atoms with Gasteiger partial charge in [0.15, 0.2) is 0 Å². The number of hydrogen-bond donors (Lipinski definition) is 0. The smallest absolute Gasteiger partial charge is 0.227 e. The van der Waals surface area contributed by atoms with Crippen molar-refractivity contribution in [2.75, 3.05) is 38.3 Å². The molecule has 3 aromatic rings. The van der Waals surface area contributed by atoms with Crippen molar-refractivity contribution in [1.29, 1.82) is 0 Å². The largest absolute Gasteiger partial charge is 0.464 e. The van der Waals surface area contributed by atoms with Gasteiger partial charge in [-0.2, -0.15) is 0 Å². The first-order valence-corrected chi connectivity index (χ1v) is 10.2. The van der Waals surface area contributed by atoms with Gasteiger partial charge in [-0.15, -0.1) is 0 Å². The predicted octanol–water partition coefficient (Wildman–Crippen LogP) is 4.09. The van der Waals surface area contributed by atoms with Gasteiger partial charge in [-0.25, -0.2) is 0 Å². The maximum absolute atomic E-state index is 12.9. The maximum Gasteiger partial charge on any atom is 0.227 e. The van der Waals surface area contributed by atoms with E-state index in [1.165, 1.54) is 11.3 Å². The Kier molecular flexibility index (Phi) is 5.58. The number of rotatable bonds is 5. The molecule has 5 heteroatoms. The van der Waals surface area contributed by atoms with E-state index in [1.807, 2.05) is 13.1 Å². The number of carbonyl (C=O) groups excluding carboxylic acids is 1. The Bertz CT molecular complexity index is 1020.